The van der Waals surface area contributed by atoms with E-state index in [1.807, 2.05) is 0 Å². The summed E-state index contributed by atoms with van der Waals surface area (Å²) in [5, 5.41) is 40.5. The topological polar surface area (TPSA) is 84.5 Å². The third kappa shape index (κ3) is 1.89. The highest BCUT2D eigenvalue weighted by atomic mass is 16.5. The van der Waals surface area contributed by atoms with Gasteiger partial charge < -0.3 is 15.3 Å². The molecule has 130 valence electrons. The van der Waals surface area contributed by atoms with Gasteiger partial charge in [0, 0.05) is 23.7 Å². The van der Waals surface area contributed by atoms with Gasteiger partial charge in [-0.25, -0.2) is 0 Å². The van der Waals surface area contributed by atoms with Gasteiger partial charge in [0.1, 0.15) is 0 Å². The predicted octanol–water partition coefficient (Wildman–Crippen LogP) is 2.80. The molecule has 0 spiro atoms. The van der Waals surface area contributed by atoms with Crippen molar-refractivity contribution in [3.8, 4) is 6.07 Å². The van der Waals surface area contributed by atoms with E-state index in [0.29, 0.717) is 31.1 Å². The van der Waals surface area contributed by atoms with Crippen molar-refractivity contribution < 1.29 is 15.3 Å². The summed E-state index contributed by atoms with van der Waals surface area (Å²) < 4.78 is 0. The van der Waals surface area contributed by atoms with Crippen LogP contribution in [-0.2, 0) is 0 Å². The van der Waals surface area contributed by atoms with Gasteiger partial charge in [0.15, 0.2) is 11.4 Å². The summed E-state index contributed by atoms with van der Waals surface area (Å²) in [7, 11) is 0. The molecule has 5 atom stereocenters. The molecular weight excluding hydrogens is 302 g/mol. The van der Waals surface area contributed by atoms with Gasteiger partial charge in [-0.05, 0) is 43.9 Å². The smallest absolute Gasteiger partial charge is 0.166 e. The highest BCUT2D eigenvalue weighted by Gasteiger charge is 2.62. The quantitative estimate of drug-likeness (QED) is 0.362. The summed E-state index contributed by atoms with van der Waals surface area (Å²) in [6.07, 6.45) is 9.03. The summed E-state index contributed by atoms with van der Waals surface area (Å²) in [4.78, 5) is 0. The standard InChI is InChI=1S/C20H27NO3/c1-17-9-10-20(23,24)11-13(17)3-4-14-15(17)5-7-18(2)16(14)6-8-19(18,22)12-21/h3,5,14,16,22-24H,4,6-11H2,1-2H3/t14-,16+,17+,18+,19+/m1/s1. The third-order valence-corrected chi connectivity index (χ3v) is 7.86. The number of allylic oxidation sites excluding steroid dienone is 3. The third-order valence-electron chi connectivity index (χ3n) is 7.86. The molecule has 0 aromatic rings. The summed E-state index contributed by atoms with van der Waals surface area (Å²) in [6, 6.07) is 2.20. The lowest BCUT2D eigenvalue weighted by Crippen LogP contribution is -2.51. The van der Waals surface area contributed by atoms with E-state index in [9.17, 15) is 20.6 Å². The van der Waals surface area contributed by atoms with Crippen LogP contribution in [0.1, 0.15) is 58.8 Å². The monoisotopic (exact) mass is 329 g/mol. The Balaban J connectivity index is 1.74. The van der Waals surface area contributed by atoms with Crippen molar-refractivity contribution in [1.82, 2.24) is 0 Å². The van der Waals surface area contributed by atoms with Crippen LogP contribution in [-0.4, -0.2) is 26.7 Å². The normalized spacial score (nSPS) is 49.2. The fraction of sp³-hybridized carbons (Fsp3) is 0.750. The van der Waals surface area contributed by atoms with Crippen molar-refractivity contribution in [2.75, 3.05) is 0 Å². The molecule has 0 aromatic heterocycles. The van der Waals surface area contributed by atoms with E-state index >= 15 is 0 Å². The Kier molecular flexibility index (Phi) is 3.21. The molecule has 4 heteroatoms. The van der Waals surface area contributed by atoms with E-state index in [2.05, 4.69) is 32.1 Å². The molecule has 4 aliphatic rings. The maximum absolute atomic E-state index is 10.8. The number of hydrogen-bond donors (Lipinski definition) is 3. The average Bonchev–Trinajstić information content (AvgIpc) is 2.80. The first-order valence-corrected chi connectivity index (χ1v) is 9.14. The molecular formula is C20H27NO3. The molecule has 0 amide bonds. The van der Waals surface area contributed by atoms with Crippen LogP contribution in [0.3, 0.4) is 0 Å². The summed E-state index contributed by atoms with van der Waals surface area (Å²) in [5.74, 6) is -0.882. The van der Waals surface area contributed by atoms with Crippen molar-refractivity contribution in [3.63, 3.8) is 0 Å². The molecule has 2 saturated carbocycles. The van der Waals surface area contributed by atoms with Gasteiger partial charge in [-0.15, -0.1) is 0 Å². The second kappa shape index (κ2) is 4.72. The highest BCUT2D eigenvalue weighted by Crippen LogP contribution is 2.65. The molecule has 0 heterocycles. The summed E-state index contributed by atoms with van der Waals surface area (Å²) >= 11 is 0. The number of nitriles is 1. The zero-order valence-electron chi connectivity index (χ0n) is 14.5. The molecule has 0 bridgehead atoms. The van der Waals surface area contributed by atoms with Gasteiger partial charge in [-0.2, -0.15) is 5.26 Å². The van der Waals surface area contributed by atoms with Gasteiger partial charge in [0.05, 0.1) is 6.07 Å². The lowest BCUT2D eigenvalue weighted by molar-refractivity contribution is -0.179. The Morgan fingerprint density at radius 2 is 1.88 bits per heavy atom. The van der Waals surface area contributed by atoms with Crippen LogP contribution in [0, 0.1) is 34.0 Å². The van der Waals surface area contributed by atoms with E-state index in [1.165, 1.54) is 5.57 Å². The fourth-order valence-corrected chi connectivity index (χ4v) is 6.14. The van der Waals surface area contributed by atoms with Gasteiger partial charge in [0.2, 0.25) is 0 Å². The average molecular weight is 329 g/mol. The van der Waals surface area contributed by atoms with Gasteiger partial charge >= 0.3 is 0 Å². The molecule has 4 rings (SSSR count). The van der Waals surface area contributed by atoms with E-state index in [1.54, 1.807) is 0 Å². The van der Waals surface area contributed by atoms with Crippen LogP contribution in [0.4, 0.5) is 0 Å². The number of aliphatic hydroxyl groups is 3. The van der Waals surface area contributed by atoms with E-state index < -0.39 is 11.4 Å². The van der Waals surface area contributed by atoms with Gasteiger partial charge in [0.25, 0.3) is 0 Å². The molecule has 3 N–H and O–H groups in total. The molecule has 24 heavy (non-hydrogen) atoms. The molecule has 0 aliphatic heterocycles. The first-order chi connectivity index (χ1) is 11.2. The van der Waals surface area contributed by atoms with E-state index in [0.717, 1.165) is 31.3 Å². The van der Waals surface area contributed by atoms with E-state index in [-0.39, 0.29) is 10.8 Å². The minimum Gasteiger partial charge on any atom is -0.375 e. The van der Waals surface area contributed by atoms with Crippen LogP contribution < -0.4 is 0 Å². The number of hydrogen-bond acceptors (Lipinski definition) is 4. The SMILES string of the molecule is C[C@]12CCC(O)(O)CC1=CC[C@@H]1C2=CC[C@@]2(C)[C@H]1CC[C@]2(O)C#N. The maximum Gasteiger partial charge on any atom is 0.166 e. The fourth-order valence-electron chi connectivity index (χ4n) is 6.14. The minimum absolute atomic E-state index is 0.0907. The van der Waals surface area contributed by atoms with Crippen molar-refractivity contribution in [2.24, 2.45) is 22.7 Å². The maximum atomic E-state index is 10.8. The lowest BCUT2D eigenvalue weighted by atomic mass is 9.51. The molecule has 0 saturated heterocycles. The first-order valence-electron chi connectivity index (χ1n) is 9.14. The van der Waals surface area contributed by atoms with Crippen molar-refractivity contribution in [1.29, 1.82) is 5.26 Å². The molecule has 0 radical (unpaired) electrons. The molecule has 0 aromatic carbocycles. The Labute approximate surface area is 143 Å². The highest BCUT2D eigenvalue weighted by molar-refractivity contribution is 5.41. The van der Waals surface area contributed by atoms with Crippen LogP contribution in [0.25, 0.3) is 0 Å². The Bertz CT molecular complexity index is 687. The Hall–Kier alpha value is -1.15. The van der Waals surface area contributed by atoms with Crippen LogP contribution in [0.15, 0.2) is 23.3 Å². The van der Waals surface area contributed by atoms with Crippen LogP contribution in [0.2, 0.25) is 0 Å². The molecule has 4 nitrogen and oxygen atoms in total. The zero-order valence-corrected chi connectivity index (χ0v) is 14.5. The summed E-state index contributed by atoms with van der Waals surface area (Å²) in [5.41, 5.74) is 0.887. The first kappa shape index (κ1) is 16.3. The second-order valence-electron chi connectivity index (χ2n) is 8.96. The Morgan fingerprint density at radius 3 is 2.58 bits per heavy atom. The zero-order chi connectivity index (χ0) is 17.4. The molecule has 0 unspecified atom stereocenters. The number of rotatable bonds is 0. The van der Waals surface area contributed by atoms with E-state index in [4.69, 9.17) is 0 Å². The van der Waals surface area contributed by atoms with Crippen LogP contribution in [0.5, 0.6) is 0 Å². The van der Waals surface area contributed by atoms with Crippen LogP contribution >= 0.6 is 0 Å². The molecule has 4 aliphatic carbocycles. The predicted molar refractivity (Wildman–Crippen MR) is 89.4 cm³/mol. The summed E-state index contributed by atoms with van der Waals surface area (Å²) in [6.45, 7) is 4.32. The van der Waals surface area contributed by atoms with Gasteiger partial charge in [-0.1, -0.05) is 37.1 Å². The second-order valence-corrected chi connectivity index (χ2v) is 8.96. The molecule has 2 fully saturated rings. The van der Waals surface area contributed by atoms with Crippen molar-refractivity contribution >= 4 is 0 Å². The number of nitrogens with zero attached hydrogens (tertiary/aromatic N) is 1. The van der Waals surface area contributed by atoms with Crippen molar-refractivity contribution in [2.45, 2.75) is 70.2 Å². The Morgan fingerprint density at radius 1 is 1.12 bits per heavy atom. The number of fused-ring (bicyclic) bond motifs is 5. The van der Waals surface area contributed by atoms with Gasteiger partial charge in [-0.3, -0.25) is 0 Å². The van der Waals surface area contributed by atoms with Crippen molar-refractivity contribution in [3.05, 3.63) is 23.3 Å². The largest absolute Gasteiger partial charge is 0.375 e. The lowest BCUT2D eigenvalue weighted by Gasteiger charge is -2.54. The minimum atomic E-state index is -1.57.